The molecule has 1 aliphatic carbocycles. The number of furan rings is 1. The monoisotopic (exact) mass is 348 g/mol. The summed E-state index contributed by atoms with van der Waals surface area (Å²) in [6, 6.07) is 4.10. The average Bonchev–Trinajstić information content (AvgIpc) is 3.20. The number of nitrogens with zero attached hydrogens (tertiary/aromatic N) is 3. The maximum Gasteiger partial charge on any atom is 0.230 e. The summed E-state index contributed by atoms with van der Waals surface area (Å²) in [6.07, 6.45) is 11.9. The van der Waals surface area contributed by atoms with Crippen molar-refractivity contribution in [2.24, 2.45) is 0 Å². The Hall–Kier alpha value is -1.76. The Kier molecular flexibility index (Phi) is 6.34. The van der Waals surface area contributed by atoms with E-state index in [1.807, 2.05) is 16.7 Å². The first kappa shape index (κ1) is 17.1. The minimum atomic E-state index is 0.0816. The van der Waals surface area contributed by atoms with E-state index < -0.39 is 0 Å². The van der Waals surface area contributed by atoms with Crippen LogP contribution in [0.25, 0.3) is 0 Å². The van der Waals surface area contributed by atoms with E-state index in [1.165, 1.54) is 43.9 Å². The number of hydrogen-bond donors (Lipinski definition) is 1. The van der Waals surface area contributed by atoms with Gasteiger partial charge >= 0.3 is 0 Å². The van der Waals surface area contributed by atoms with Gasteiger partial charge in [-0.3, -0.25) is 4.79 Å². The van der Waals surface area contributed by atoms with Crippen LogP contribution in [0.15, 0.2) is 34.3 Å². The number of rotatable bonds is 6. The van der Waals surface area contributed by atoms with Gasteiger partial charge in [0.25, 0.3) is 0 Å². The fourth-order valence-corrected chi connectivity index (χ4v) is 3.76. The molecule has 1 N–H and O–H groups in total. The summed E-state index contributed by atoms with van der Waals surface area (Å²) < 4.78 is 7.24. The third-order valence-corrected chi connectivity index (χ3v) is 5.27. The molecule has 1 aliphatic rings. The van der Waals surface area contributed by atoms with E-state index >= 15 is 0 Å². The molecule has 0 aromatic carbocycles. The zero-order valence-electron chi connectivity index (χ0n) is 13.8. The van der Waals surface area contributed by atoms with Gasteiger partial charge in [-0.15, -0.1) is 10.2 Å². The van der Waals surface area contributed by atoms with E-state index in [2.05, 4.69) is 15.5 Å². The summed E-state index contributed by atoms with van der Waals surface area (Å²) in [6.45, 7) is 0.576. The highest BCUT2D eigenvalue weighted by Crippen LogP contribution is 2.19. The van der Waals surface area contributed by atoms with Gasteiger partial charge in [-0.2, -0.15) is 0 Å². The van der Waals surface area contributed by atoms with Crippen molar-refractivity contribution >= 4 is 17.7 Å². The van der Waals surface area contributed by atoms with Gasteiger partial charge in [0.05, 0.1) is 18.6 Å². The standard InChI is InChI=1S/C17H24N4O2S/c22-16(19-14-7-4-2-1-3-5-8-14)12-24-17-20-18-13-21(17)11-15-9-6-10-23-15/h6,9-10,13-14H,1-5,7-8,11-12H2,(H,19,22). The number of carbonyl (C=O) groups excluding carboxylic acids is 1. The van der Waals surface area contributed by atoms with Crippen molar-refractivity contribution in [1.29, 1.82) is 0 Å². The van der Waals surface area contributed by atoms with Crippen molar-refractivity contribution in [1.82, 2.24) is 20.1 Å². The van der Waals surface area contributed by atoms with Crippen LogP contribution in [0.5, 0.6) is 0 Å². The first-order valence-electron chi connectivity index (χ1n) is 8.63. The highest BCUT2D eigenvalue weighted by molar-refractivity contribution is 7.99. The average molecular weight is 348 g/mol. The Bertz CT molecular complexity index is 618. The molecule has 1 fully saturated rings. The van der Waals surface area contributed by atoms with Crippen LogP contribution in [0.3, 0.4) is 0 Å². The van der Waals surface area contributed by atoms with Crippen LogP contribution in [-0.4, -0.2) is 32.5 Å². The van der Waals surface area contributed by atoms with E-state index in [0.717, 1.165) is 23.8 Å². The smallest absolute Gasteiger partial charge is 0.230 e. The summed E-state index contributed by atoms with van der Waals surface area (Å²) in [5.74, 6) is 1.29. The second-order valence-corrected chi connectivity index (χ2v) is 7.16. The fraction of sp³-hybridized carbons (Fsp3) is 0.588. The molecule has 0 saturated heterocycles. The lowest BCUT2D eigenvalue weighted by Gasteiger charge is -2.20. The SMILES string of the molecule is O=C(CSc1nncn1Cc1ccco1)NC1CCCCCCC1. The zero-order chi connectivity index (χ0) is 16.6. The van der Waals surface area contributed by atoms with Crippen LogP contribution in [0.1, 0.15) is 50.7 Å². The second-order valence-electron chi connectivity index (χ2n) is 6.22. The summed E-state index contributed by atoms with van der Waals surface area (Å²) in [4.78, 5) is 12.2. The molecule has 0 unspecified atom stereocenters. The van der Waals surface area contributed by atoms with Crippen LogP contribution < -0.4 is 5.32 Å². The van der Waals surface area contributed by atoms with Crippen molar-refractivity contribution in [3.63, 3.8) is 0 Å². The fourth-order valence-electron chi connectivity index (χ4n) is 3.03. The highest BCUT2D eigenvalue weighted by atomic mass is 32.2. The number of carbonyl (C=O) groups is 1. The first-order valence-corrected chi connectivity index (χ1v) is 9.62. The second kappa shape index (κ2) is 8.92. The maximum absolute atomic E-state index is 12.2. The van der Waals surface area contributed by atoms with Gasteiger partial charge in [-0.05, 0) is 25.0 Å². The van der Waals surface area contributed by atoms with Crippen LogP contribution in [0.2, 0.25) is 0 Å². The largest absolute Gasteiger partial charge is 0.467 e. The molecule has 2 aromatic rings. The van der Waals surface area contributed by atoms with Gasteiger partial charge in [0.15, 0.2) is 5.16 Å². The molecular formula is C17H24N4O2S. The normalized spacial score (nSPS) is 16.5. The van der Waals surface area contributed by atoms with E-state index in [4.69, 9.17) is 4.42 Å². The quantitative estimate of drug-likeness (QED) is 0.811. The number of thioether (sulfide) groups is 1. The van der Waals surface area contributed by atoms with Gasteiger partial charge < -0.3 is 14.3 Å². The number of amides is 1. The molecule has 130 valence electrons. The molecule has 6 nitrogen and oxygen atoms in total. The minimum Gasteiger partial charge on any atom is -0.467 e. The molecule has 0 aliphatic heterocycles. The molecule has 2 heterocycles. The van der Waals surface area contributed by atoms with E-state index in [0.29, 0.717) is 18.3 Å². The lowest BCUT2D eigenvalue weighted by molar-refractivity contribution is -0.119. The topological polar surface area (TPSA) is 73.0 Å². The maximum atomic E-state index is 12.2. The third-order valence-electron chi connectivity index (χ3n) is 4.29. The number of nitrogens with one attached hydrogen (secondary N) is 1. The van der Waals surface area contributed by atoms with Crippen LogP contribution in [0, 0.1) is 0 Å². The third kappa shape index (κ3) is 5.12. The number of aromatic nitrogens is 3. The van der Waals surface area contributed by atoms with Crippen molar-refractivity contribution in [2.75, 3.05) is 5.75 Å². The van der Waals surface area contributed by atoms with Crippen molar-refractivity contribution in [2.45, 2.75) is 62.7 Å². The lowest BCUT2D eigenvalue weighted by atomic mass is 9.97. The van der Waals surface area contributed by atoms with Crippen LogP contribution in [-0.2, 0) is 11.3 Å². The van der Waals surface area contributed by atoms with Gasteiger partial charge in [0, 0.05) is 6.04 Å². The lowest BCUT2D eigenvalue weighted by Crippen LogP contribution is -2.36. The van der Waals surface area contributed by atoms with Gasteiger partial charge in [0.2, 0.25) is 5.91 Å². The molecule has 0 radical (unpaired) electrons. The first-order chi connectivity index (χ1) is 11.8. The Balaban J connectivity index is 1.46. The molecule has 7 heteroatoms. The zero-order valence-corrected chi connectivity index (χ0v) is 14.6. The molecular weight excluding hydrogens is 324 g/mol. The molecule has 2 aromatic heterocycles. The van der Waals surface area contributed by atoms with Gasteiger partial charge in [-0.25, -0.2) is 0 Å². The molecule has 0 spiro atoms. The highest BCUT2D eigenvalue weighted by Gasteiger charge is 2.15. The Morgan fingerprint density at radius 1 is 1.29 bits per heavy atom. The summed E-state index contributed by atoms with van der Waals surface area (Å²) in [5.41, 5.74) is 0. The Morgan fingerprint density at radius 2 is 2.08 bits per heavy atom. The predicted molar refractivity (Wildman–Crippen MR) is 92.8 cm³/mol. The van der Waals surface area contributed by atoms with Crippen molar-refractivity contribution in [3.05, 3.63) is 30.5 Å². The Labute approximate surface area is 146 Å². The van der Waals surface area contributed by atoms with Crippen LogP contribution in [0.4, 0.5) is 0 Å². The van der Waals surface area contributed by atoms with Gasteiger partial charge in [-0.1, -0.05) is 43.9 Å². The molecule has 0 bridgehead atoms. The minimum absolute atomic E-state index is 0.0816. The molecule has 1 amide bonds. The summed E-state index contributed by atoms with van der Waals surface area (Å²) in [7, 11) is 0. The van der Waals surface area contributed by atoms with Crippen LogP contribution >= 0.6 is 11.8 Å². The molecule has 0 atom stereocenters. The molecule has 3 rings (SSSR count). The van der Waals surface area contributed by atoms with Gasteiger partial charge in [0.1, 0.15) is 12.1 Å². The van der Waals surface area contributed by atoms with E-state index in [-0.39, 0.29) is 5.91 Å². The predicted octanol–water partition coefficient (Wildman–Crippen LogP) is 3.24. The number of hydrogen-bond acceptors (Lipinski definition) is 5. The molecule has 1 saturated carbocycles. The summed E-state index contributed by atoms with van der Waals surface area (Å²) >= 11 is 1.42. The van der Waals surface area contributed by atoms with Crippen molar-refractivity contribution < 1.29 is 9.21 Å². The van der Waals surface area contributed by atoms with Crippen molar-refractivity contribution in [3.8, 4) is 0 Å². The Morgan fingerprint density at radius 3 is 2.83 bits per heavy atom. The summed E-state index contributed by atoms with van der Waals surface area (Å²) in [5, 5.41) is 11.9. The van der Waals surface area contributed by atoms with E-state index in [1.54, 1.807) is 12.6 Å². The van der Waals surface area contributed by atoms with E-state index in [9.17, 15) is 4.79 Å². The molecule has 24 heavy (non-hydrogen) atoms.